The number of hydrogen-bond donors (Lipinski definition) is 0. The van der Waals surface area contributed by atoms with Crippen molar-refractivity contribution in [3.05, 3.63) is 42.0 Å². The average Bonchev–Trinajstić information content (AvgIpc) is 2.67. The SMILES string of the molecule is CC(=O)c1cc(P)c2c(c1)sc1ccccc12. The minimum atomic E-state index is 0.119. The van der Waals surface area contributed by atoms with Gasteiger partial charge in [0.05, 0.1) is 0 Å². The van der Waals surface area contributed by atoms with E-state index in [9.17, 15) is 4.79 Å². The average molecular weight is 258 g/mol. The first-order chi connectivity index (χ1) is 8.16. The molecule has 17 heavy (non-hydrogen) atoms. The monoisotopic (exact) mass is 258 g/mol. The summed E-state index contributed by atoms with van der Waals surface area (Å²) >= 11 is 1.74. The van der Waals surface area contributed by atoms with E-state index in [1.807, 2.05) is 18.2 Å². The summed E-state index contributed by atoms with van der Waals surface area (Å²) in [6, 6.07) is 12.3. The van der Waals surface area contributed by atoms with Crippen LogP contribution in [-0.4, -0.2) is 5.78 Å². The smallest absolute Gasteiger partial charge is 0.159 e. The highest BCUT2D eigenvalue weighted by Crippen LogP contribution is 2.33. The maximum absolute atomic E-state index is 11.5. The molecule has 3 rings (SSSR count). The van der Waals surface area contributed by atoms with Gasteiger partial charge in [0.25, 0.3) is 0 Å². The second-order valence-corrected chi connectivity index (χ2v) is 5.80. The molecule has 0 aliphatic heterocycles. The van der Waals surface area contributed by atoms with Gasteiger partial charge < -0.3 is 0 Å². The normalized spacial score (nSPS) is 11.2. The molecule has 0 radical (unpaired) electrons. The Bertz CT molecular complexity index is 742. The first-order valence-corrected chi connectivity index (χ1v) is 6.78. The Labute approximate surface area is 106 Å². The number of Topliss-reactive ketones (excluding diaryl/α,β-unsaturated/α-hetero) is 1. The molecule has 0 bridgehead atoms. The zero-order valence-electron chi connectivity index (χ0n) is 9.36. The summed E-state index contributed by atoms with van der Waals surface area (Å²) in [5.41, 5.74) is 0.786. The van der Waals surface area contributed by atoms with Crippen LogP contribution in [0, 0.1) is 0 Å². The van der Waals surface area contributed by atoms with Gasteiger partial charge in [-0.15, -0.1) is 20.6 Å². The van der Waals surface area contributed by atoms with Crippen LogP contribution < -0.4 is 5.30 Å². The van der Waals surface area contributed by atoms with Crippen LogP contribution in [0.25, 0.3) is 20.2 Å². The van der Waals surface area contributed by atoms with Gasteiger partial charge in [0.2, 0.25) is 0 Å². The quantitative estimate of drug-likeness (QED) is 0.480. The van der Waals surface area contributed by atoms with Crippen molar-refractivity contribution in [3.63, 3.8) is 0 Å². The van der Waals surface area contributed by atoms with Crippen LogP contribution in [0.15, 0.2) is 36.4 Å². The number of ketones is 1. The number of thiophene rings is 1. The fraction of sp³-hybridized carbons (Fsp3) is 0.0714. The number of carbonyl (C=O) groups is 1. The molecule has 1 atom stereocenters. The lowest BCUT2D eigenvalue weighted by Gasteiger charge is -2.01. The first kappa shape index (κ1) is 10.9. The molecule has 0 saturated carbocycles. The molecule has 3 heteroatoms. The lowest BCUT2D eigenvalue weighted by Crippen LogP contribution is -1.99. The lowest BCUT2D eigenvalue weighted by atomic mass is 10.1. The van der Waals surface area contributed by atoms with Crippen LogP contribution in [0.2, 0.25) is 0 Å². The maximum Gasteiger partial charge on any atom is 0.159 e. The van der Waals surface area contributed by atoms with Crippen LogP contribution in [0.5, 0.6) is 0 Å². The standard InChI is InChI=1S/C14H11OPS/c1-8(15)9-6-11(16)14-10-4-2-3-5-12(10)17-13(14)7-9/h2-7H,16H2,1H3. The molecule has 84 valence electrons. The Morgan fingerprint density at radius 1 is 1.18 bits per heavy atom. The summed E-state index contributed by atoms with van der Waals surface area (Å²) in [4.78, 5) is 11.5. The Kier molecular flexibility index (Phi) is 2.50. The van der Waals surface area contributed by atoms with Crippen molar-refractivity contribution in [1.29, 1.82) is 0 Å². The predicted octanol–water partition coefficient (Wildman–Crippen LogP) is 3.76. The van der Waals surface area contributed by atoms with Crippen LogP contribution >= 0.6 is 20.6 Å². The van der Waals surface area contributed by atoms with Crippen molar-refractivity contribution in [2.24, 2.45) is 0 Å². The van der Waals surface area contributed by atoms with Gasteiger partial charge in [-0.25, -0.2) is 0 Å². The van der Waals surface area contributed by atoms with E-state index in [0.717, 1.165) is 10.9 Å². The molecule has 0 saturated heterocycles. The number of benzene rings is 2. The van der Waals surface area contributed by atoms with E-state index in [-0.39, 0.29) is 5.78 Å². The Morgan fingerprint density at radius 3 is 2.71 bits per heavy atom. The molecule has 3 aromatic rings. The van der Waals surface area contributed by atoms with Crippen molar-refractivity contribution < 1.29 is 4.79 Å². The Morgan fingerprint density at radius 2 is 1.94 bits per heavy atom. The Balaban J connectivity index is 2.48. The van der Waals surface area contributed by atoms with E-state index in [4.69, 9.17) is 0 Å². The zero-order valence-corrected chi connectivity index (χ0v) is 11.3. The second-order valence-electron chi connectivity index (χ2n) is 4.09. The van der Waals surface area contributed by atoms with E-state index in [1.165, 1.54) is 20.2 Å². The topological polar surface area (TPSA) is 17.1 Å². The van der Waals surface area contributed by atoms with E-state index in [0.29, 0.717) is 0 Å². The molecule has 1 heterocycles. The summed E-state index contributed by atoms with van der Waals surface area (Å²) in [5.74, 6) is 0.119. The lowest BCUT2D eigenvalue weighted by molar-refractivity contribution is 0.101. The highest BCUT2D eigenvalue weighted by molar-refractivity contribution is 7.30. The zero-order chi connectivity index (χ0) is 12.0. The molecule has 1 nitrogen and oxygen atoms in total. The molecule has 1 unspecified atom stereocenters. The van der Waals surface area contributed by atoms with Crippen molar-refractivity contribution in [1.82, 2.24) is 0 Å². The minimum Gasteiger partial charge on any atom is -0.295 e. The number of fused-ring (bicyclic) bond motifs is 3. The summed E-state index contributed by atoms with van der Waals surface area (Å²) in [5, 5.41) is 3.62. The van der Waals surface area contributed by atoms with E-state index < -0.39 is 0 Å². The van der Waals surface area contributed by atoms with Gasteiger partial charge in [0.15, 0.2) is 5.78 Å². The van der Waals surface area contributed by atoms with Crippen LogP contribution in [-0.2, 0) is 0 Å². The van der Waals surface area contributed by atoms with Crippen molar-refractivity contribution in [3.8, 4) is 0 Å². The molecule has 0 N–H and O–H groups in total. The number of rotatable bonds is 1. The molecular weight excluding hydrogens is 247 g/mol. The molecule has 0 aliphatic carbocycles. The van der Waals surface area contributed by atoms with E-state index in [1.54, 1.807) is 18.3 Å². The van der Waals surface area contributed by atoms with Gasteiger partial charge in [-0.3, -0.25) is 4.79 Å². The predicted molar refractivity (Wildman–Crippen MR) is 78.7 cm³/mol. The summed E-state index contributed by atoms with van der Waals surface area (Å²) in [6.07, 6.45) is 0. The molecule has 0 amide bonds. The maximum atomic E-state index is 11.5. The van der Waals surface area contributed by atoms with E-state index in [2.05, 4.69) is 27.4 Å². The molecular formula is C14H11OPS. The third-order valence-corrected chi connectivity index (χ3v) is 4.49. The minimum absolute atomic E-state index is 0.119. The summed E-state index contributed by atoms with van der Waals surface area (Å²) < 4.78 is 2.45. The van der Waals surface area contributed by atoms with Gasteiger partial charge >= 0.3 is 0 Å². The third-order valence-electron chi connectivity index (χ3n) is 2.92. The van der Waals surface area contributed by atoms with Gasteiger partial charge in [0.1, 0.15) is 0 Å². The molecule has 0 aliphatic rings. The van der Waals surface area contributed by atoms with Crippen LogP contribution in [0.3, 0.4) is 0 Å². The Hall–Kier alpha value is -1.24. The first-order valence-electron chi connectivity index (χ1n) is 5.38. The molecule has 2 aromatic carbocycles. The molecule has 0 spiro atoms. The number of hydrogen-bond acceptors (Lipinski definition) is 2. The second kappa shape index (κ2) is 3.90. The molecule has 0 fully saturated rings. The molecule has 1 aromatic heterocycles. The largest absolute Gasteiger partial charge is 0.295 e. The fourth-order valence-corrected chi connectivity index (χ4v) is 3.86. The van der Waals surface area contributed by atoms with Crippen molar-refractivity contribution >= 4 is 51.8 Å². The van der Waals surface area contributed by atoms with Crippen molar-refractivity contribution in [2.45, 2.75) is 6.92 Å². The van der Waals surface area contributed by atoms with Gasteiger partial charge in [-0.1, -0.05) is 18.2 Å². The van der Waals surface area contributed by atoms with E-state index >= 15 is 0 Å². The van der Waals surface area contributed by atoms with Gasteiger partial charge in [-0.2, -0.15) is 0 Å². The summed E-state index contributed by atoms with van der Waals surface area (Å²) in [7, 11) is 2.74. The van der Waals surface area contributed by atoms with Gasteiger partial charge in [-0.05, 0) is 30.4 Å². The highest BCUT2D eigenvalue weighted by atomic mass is 32.1. The summed E-state index contributed by atoms with van der Waals surface area (Å²) in [6.45, 7) is 1.61. The van der Waals surface area contributed by atoms with Crippen molar-refractivity contribution in [2.75, 3.05) is 0 Å². The highest BCUT2D eigenvalue weighted by Gasteiger charge is 2.10. The third kappa shape index (κ3) is 1.69. The van der Waals surface area contributed by atoms with Crippen LogP contribution in [0.1, 0.15) is 17.3 Å². The van der Waals surface area contributed by atoms with Gasteiger partial charge in [0, 0.05) is 25.7 Å². The number of carbonyl (C=O) groups excluding carboxylic acids is 1. The van der Waals surface area contributed by atoms with Crippen LogP contribution in [0.4, 0.5) is 0 Å². The fourth-order valence-electron chi connectivity index (χ4n) is 2.09.